The van der Waals surface area contributed by atoms with Crippen molar-refractivity contribution in [2.45, 2.75) is 77.6 Å². The lowest BCUT2D eigenvalue weighted by Gasteiger charge is -2.22. The van der Waals surface area contributed by atoms with E-state index in [1.54, 1.807) is 0 Å². The lowest BCUT2D eigenvalue weighted by molar-refractivity contribution is 0.666. The van der Waals surface area contributed by atoms with Gasteiger partial charge in [-0.05, 0) is 240 Å². The minimum atomic E-state index is -0.215. The van der Waals surface area contributed by atoms with Crippen LogP contribution in [0.15, 0.2) is 267 Å². The first-order valence-corrected chi connectivity index (χ1v) is 37.8. The maximum atomic E-state index is 2.64. The zero-order valence-electron chi connectivity index (χ0n) is 59.6. The average molecular weight is 1340 g/mol. The van der Waals surface area contributed by atoms with Gasteiger partial charge in [0.05, 0.1) is 49.7 Å². The zero-order chi connectivity index (χ0) is 69.3. The molecule has 25 rings (SSSR count). The van der Waals surface area contributed by atoms with E-state index in [0.29, 0.717) is 5.92 Å². The fraction of sp³-hybridized carbons (Fsp3) is 0.118. The summed E-state index contributed by atoms with van der Waals surface area (Å²) in [7, 11) is 0. The van der Waals surface area contributed by atoms with Crippen LogP contribution in [0.1, 0.15) is 99.2 Å². The summed E-state index contributed by atoms with van der Waals surface area (Å²) in [5.41, 5.74) is 29.0. The summed E-state index contributed by atoms with van der Waals surface area (Å²) in [5, 5.41) is 31.4. The molecule has 3 nitrogen and oxygen atoms in total. The summed E-state index contributed by atoms with van der Waals surface area (Å²) < 4.78 is 7.79. The predicted molar refractivity (Wildman–Crippen MR) is 449 cm³/mol. The lowest BCUT2D eigenvalue weighted by atomic mass is 9.80. The van der Waals surface area contributed by atoms with Crippen LogP contribution in [0.3, 0.4) is 0 Å². The number of rotatable bonds is 5. The molecule has 0 amide bonds. The van der Waals surface area contributed by atoms with E-state index in [-0.39, 0.29) is 16.7 Å². The molecule has 1 atom stereocenters. The van der Waals surface area contributed by atoms with Gasteiger partial charge in [-0.15, -0.1) is 0 Å². The molecule has 0 aliphatic heterocycles. The van der Waals surface area contributed by atoms with Crippen LogP contribution in [-0.4, -0.2) is 13.2 Å². The van der Waals surface area contributed by atoms with Gasteiger partial charge in [-0.25, -0.2) is 0 Å². The van der Waals surface area contributed by atoms with E-state index in [1.165, 1.54) is 251 Å². The monoisotopic (exact) mass is 1340 g/mol. The highest BCUT2D eigenvalue weighted by molar-refractivity contribution is 6.33. The summed E-state index contributed by atoms with van der Waals surface area (Å²) in [6, 6.07) is 105. The van der Waals surface area contributed by atoms with Crippen molar-refractivity contribution in [2.24, 2.45) is 0 Å². The molecule has 0 saturated carbocycles. The predicted octanol–water partition coefficient (Wildman–Crippen LogP) is 27.8. The quantitative estimate of drug-likeness (QED) is 0.163. The van der Waals surface area contributed by atoms with Gasteiger partial charge >= 0.3 is 0 Å². The molecule has 492 valence electrons. The minimum Gasteiger partial charge on any atom is -0.308 e. The van der Waals surface area contributed by atoms with E-state index in [1.807, 2.05) is 0 Å². The third-order valence-corrected chi connectivity index (χ3v) is 26.4. The molecular formula is C102H69N3. The molecule has 3 heteroatoms. The number of nitrogens with zero attached hydrogens (tertiary/aromatic N) is 3. The van der Waals surface area contributed by atoms with Crippen molar-refractivity contribution in [2.75, 3.05) is 0 Å². The number of fused-ring (bicyclic) bond motifs is 33. The van der Waals surface area contributed by atoms with Gasteiger partial charge in [0.15, 0.2) is 0 Å². The first-order chi connectivity index (χ1) is 51.3. The van der Waals surface area contributed by atoms with Crippen LogP contribution in [-0.2, 0) is 17.3 Å². The summed E-state index contributed by atoms with van der Waals surface area (Å²) in [6.45, 7) is 16.8. The number of hydrogen-bond acceptors (Lipinski definition) is 0. The Morgan fingerprint density at radius 2 is 0.733 bits per heavy atom. The van der Waals surface area contributed by atoms with Crippen molar-refractivity contribution in [1.82, 2.24) is 13.2 Å². The fourth-order valence-corrected chi connectivity index (χ4v) is 21.5. The van der Waals surface area contributed by atoms with Gasteiger partial charge in [0.1, 0.15) is 0 Å². The van der Waals surface area contributed by atoms with E-state index in [4.69, 9.17) is 0 Å². The normalized spacial score (nSPS) is 14.7. The molecule has 0 fully saturated rings. The van der Waals surface area contributed by atoms with Crippen molar-refractivity contribution in [3.05, 3.63) is 306 Å². The van der Waals surface area contributed by atoms with Crippen LogP contribution in [0.4, 0.5) is 0 Å². The Balaban J connectivity index is 0.616. The first kappa shape index (κ1) is 57.2. The van der Waals surface area contributed by atoms with Crippen molar-refractivity contribution in [1.29, 1.82) is 0 Å². The standard InChI is InChI=1S/C102H69N3/c1-53(2)56-28-30-61-47-90-78(43-67(61)38-56)82-51-79-71-19-10-12-24-85(71)101(4,5)96(79)94-83-44-68-39-57(29-31-62(68)48-91(83)104(90)99(82)94)54(3)36-55-26-27-60-46-89-77(42-66(60)37-55)81-52-80-72-20-11-13-25-86(72)102(6,7)97(80)95-84-50-75-63(49-92(84)105(89)100(81)95)18-14-21-69(75)64-32-34-70-65(40-64)33-35-87-93(70)74-23-15-22-73-76-41-58-16-8-9-17-59(58)45-88(76)103(87)98(73)74/h8-35,37-54H,36H2,1-7H3. The minimum absolute atomic E-state index is 0.166. The largest absolute Gasteiger partial charge is 0.308 e. The Kier molecular flexibility index (Phi) is 10.5. The van der Waals surface area contributed by atoms with Gasteiger partial charge in [-0.3, -0.25) is 0 Å². The molecule has 17 aromatic carbocycles. The van der Waals surface area contributed by atoms with Gasteiger partial charge in [0.2, 0.25) is 0 Å². The average Bonchev–Trinajstić information content (AvgIpc) is 1.51. The molecule has 0 saturated heterocycles. The molecule has 105 heavy (non-hydrogen) atoms. The lowest BCUT2D eigenvalue weighted by Crippen LogP contribution is -2.15. The Hall–Kier alpha value is -12.3. The molecule has 0 radical (unpaired) electrons. The number of para-hydroxylation sites is 1. The smallest absolute Gasteiger partial charge is 0.0624 e. The van der Waals surface area contributed by atoms with Crippen molar-refractivity contribution >= 4 is 179 Å². The van der Waals surface area contributed by atoms with E-state index < -0.39 is 0 Å². The van der Waals surface area contributed by atoms with Crippen molar-refractivity contribution in [3.8, 4) is 33.4 Å². The fourth-order valence-electron chi connectivity index (χ4n) is 21.5. The van der Waals surface area contributed by atoms with Gasteiger partial charge in [-0.2, -0.15) is 0 Å². The van der Waals surface area contributed by atoms with Crippen molar-refractivity contribution < 1.29 is 0 Å². The third kappa shape index (κ3) is 7.13. The molecular weight excluding hydrogens is 1270 g/mol. The SMILES string of the molecule is CC(C)c1ccc2cc3c(cc2c1)c1cc2c(c4c5cc6cc(C(C)Cc7ccc8cc9c(cc8c7)c7cc8c(c%10c%11cc%12c(-c%13ccc%14c(ccc%15c%14c%14cccc%16c%17cc%18ccccc%18cc%17n%15c%16%14)c%13)cccc%12cc%11n9c7%10)C(C)(C)c7ccccc7-8)ccc6cc5n3c14)C(C)(C)c1ccccc1-2. The van der Waals surface area contributed by atoms with E-state index in [2.05, 4.69) is 329 Å². The van der Waals surface area contributed by atoms with E-state index >= 15 is 0 Å². The molecule has 0 spiro atoms. The highest BCUT2D eigenvalue weighted by Gasteiger charge is 2.41. The molecule has 6 aromatic heterocycles. The molecule has 0 bridgehead atoms. The summed E-state index contributed by atoms with van der Waals surface area (Å²) in [6.07, 6.45) is 0.935. The van der Waals surface area contributed by atoms with Crippen LogP contribution in [0.25, 0.3) is 212 Å². The highest BCUT2D eigenvalue weighted by Crippen LogP contribution is 2.59. The number of aromatic nitrogens is 3. The summed E-state index contributed by atoms with van der Waals surface area (Å²) >= 11 is 0. The van der Waals surface area contributed by atoms with Crippen LogP contribution in [0.2, 0.25) is 0 Å². The van der Waals surface area contributed by atoms with E-state index in [9.17, 15) is 0 Å². The van der Waals surface area contributed by atoms with Gasteiger partial charge < -0.3 is 13.2 Å². The number of hydrogen-bond donors (Lipinski definition) is 0. The maximum Gasteiger partial charge on any atom is 0.0624 e. The molecule has 23 aromatic rings. The topological polar surface area (TPSA) is 13.2 Å². The molecule has 6 heterocycles. The highest BCUT2D eigenvalue weighted by atomic mass is 14.9. The third-order valence-electron chi connectivity index (χ3n) is 26.4. The Morgan fingerprint density at radius 3 is 1.39 bits per heavy atom. The summed E-state index contributed by atoms with van der Waals surface area (Å²) in [5.74, 6) is 0.755. The second-order valence-corrected chi connectivity index (χ2v) is 33.0. The Morgan fingerprint density at radius 1 is 0.267 bits per heavy atom. The van der Waals surface area contributed by atoms with Gasteiger partial charge in [0.25, 0.3) is 0 Å². The van der Waals surface area contributed by atoms with E-state index in [0.717, 1.165) is 6.42 Å². The van der Waals surface area contributed by atoms with Crippen molar-refractivity contribution in [3.63, 3.8) is 0 Å². The Labute approximate surface area is 605 Å². The first-order valence-electron chi connectivity index (χ1n) is 37.8. The number of benzene rings is 17. The second kappa shape index (κ2) is 19.3. The van der Waals surface area contributed by atoms with Gasteiger partial charge in [-0.1, -0.05) is 230 Å². The van der Waals surface area contributed by atoms with Crippen LogP contribution in [0, 0.1) is 0 Å². The Bertz CT molecular complexity index is 7970. The van der Waals surface area contributed by atoms with Crippen LogP contribution < -0.4 is 0 Å². The van der Waals surface area contributed by atoms with Crippen LogP contribution >= 0.6 is 0 Å². The summed E-state index contributed by atoms with van der Waals surface area (Å²) in [4.78, 5) is 0. The van der Waals surface area contributed by atoms with Gasteiger partial charge in [0, 0.05) is 75.5 Å². The maximum absolute atomic E-state index is 2.64. The molecule has 0 N–H and O–H groups in total. The molecule has 2 aliphatic rings. The van der Waals surface area contributed by atoms with Crippen LogP contribution in [0.5, 0.6) is 0 Å². The molecule has 1 unspecified atom stereocenters. The molecule has 2 aliphatic carbocycles. The zero-order valence-corrected chi connectivity index (χ0v) is 59.6. The second-order valence-electron chi connectivity index (χ2n) is 33.0.